The molecule has 1 N–H and O–H groups in total. The lowest BCUT2D eigenvalue weighted by Gasteiger charge is -2.22. The molecule has 1 aliphatic rings. The van der Waals surface area contributed by atoms with Crippen LogP contribution in [-0.4, -0.2) is 31.3 Å². The highest BCUT2D eigenvalue weighted by molar-refractivity contribution is 5.41. The molecule has 1 aromatic heterocycles. The van der Waals surface area contributed by atoms with Crippen LogP contribution in [0.3, 0.4) is 0 Å². The Balaban J connectivity index is 1.77. The number of hydrogen-bond acceptors (Lipinski definition) is 4. The first-order valence-electron chi connectivity index (χ1n) is 6.29. The Bertz CT molecular complexity index is 321. The third kappa shape index (κ3) is 3.89. The van der Waals surface area contributed by atoms with E-state index in [9.17, 15) is 0 Å². The summed E-state index contributed by atoms with van der Waals surface area (Å²) in [5, 5.41) is 3.39. The van der Waals surface area contributed by atoms with E-state index in [1.165, 1.54) is 12.8 Å². The molecule has 2 heterocycles. The Morgan fingerprint density at radius 3 is 3.12 bits per heavy atom. The van der Waals surface area contributed by atoms with Gasteiger partial charge in [0.1, 0.15) is 0 Å². The normalized spacial score (nSPS) is 19.9. The van der Waals surface area contributed by atoms with Gasteiger partial charge in [-0.1, -0.05) is 0 Å². The first kappa shape index (κ1) is 12.2. The number of pyridine rings is 1. The third-order valence-corrected chi connectivity index (χ3v) is 2.88. The van der Waals surface area contributed by atoms with Gasteiger partial charge in [-0.3, -0.25) is 0 Å². The smallest absolute Gasteiger partial charge is 0.213 e. The minimum Gasteiger partial charge on any atom is -0.478 e. The second-order valence-corrected chi connectivity index (χ2v) is 4.28. The summed E-state index contributed by atoms with van der Waals surface area (Å²) < 4.78 is 10.7. The topological polar surface area (TPSA) is 43.4 Å². The van der Waals surface area contributed by atoms with E-state index >= 15 is 0 Å². The molecule has 1 atom stereocenters. The molecule has 1 unspecified atom stereocenters. The zero-order valence-electron chi connectivity index (χ0n) is 10.3. The van der Waals surface area contributed by atoms with Gasteiger partial charge < -0.3 is 14.8 Å². The molecule has 94 valence electrons. The van der Waals surface area contributed by atoms with Crippen molar-refractivity contribution in [1.82, 2.24) is 4.98 Å². The predicted molar refractivity (Wildman–Crippen MR) is 67.4 cm³/mol. The van der Waals surface area contributed by atoms with E-state index in [2.05, 4.69) is 10.3 Å². The van der Waals surface area contributed by atoms with E-state index in [1.54, 1.807) is 0 Å². The zero-order valence-corrected chi connectivity index (χ0v) is 10.3. The summed E-state index contributed by atoms with van der Waals surface area (Å²) >= 11 is 0. The van der Waals surface area contributed by atoms with Gasteiger partial charge in [-0.2, -0.15) is 0 Å². The van der Waals surface area contributed by atoms with E-state index in [4.69, 9.17) is 9.47 Å². The fraction of sp³-hybridized carbons (Fsp3) is 0.615. The summed E-state index contributed by atoms with van der Waals surface area (Å²) in [4.78, 5) is 4.22. The number of nitrogens with zero attached hydrogens (tertiary/aromatic N) is 1. The van der Waals surface area contributed by atoms with Gasteiger partial charge in [0.15, 0.2) is 0 Å². The maximum Gasteiger partial charge on any atom is 0.213 e. The second-order valence-electron chi connectivity index (χ2n) is 4.28. The van der Waals surface area contributed by atoms with Gasteiger partial charge in [-0.15, -0.1) is 0 Å². The van der Waals surface area contributed by atoms with Crippen LogP contribution in [0.5, 0.6) is 5.88 Å². The van der Waals surface area contributed by atoms with Crippen LogP contribution in [0.1, 0.15) is 19.8 Å². The number of rotatable bonds is 5. The lowest BCUT2D eigenvalue weighted by atomic mass is 10.0. The zero-order chi connectivity index (χ0) is 11.9. The van der Waals surface area contributed by atoms with Crippen molar-refractivity contribution < 1.29 is 9.47 Å². The average molecular weight is 236 g/mol. The van der Waals surface area contributed by atoms with E-state index in [1.807, 2.05) is 25.3 Å². The number of aromatic nitrogens is 1. The molecule has 2 rings (SSSR count). The lowest BCUT2D eigenvalue weighted by Crippen LogP contribution is -2.24. The summed E-state index contributed by atoms with van der Waals surface area (Å²) in [6.45, 7) is 5.35. The Morgan fingerprint density at radius 1 is 1.53 bits per heavy atom. The minimum absolute atomic E-state index is 0.621. The first-order chi connectivity index (χ1) is 8.38. The molecule has 0 aliphatic carbocycles. The quantitative estimate of drug-likeness (QED) is 0.852. The molecule has 1 aromatic rings. The summed E-state index contributed by atoms with van der Waals surface area (Å²) in [7, 11) is 0. The van der Waals surface area contributed by atoms with Gasteiger partial charge in [0, 0.05) is 19.2 Å². The van der Waals surface area contributed by atoms with Crippen LogP contribution in [0.15, 0.2) is 18.3 Å². The summed E-state index contributed by atoms with van der Waals surface area (Å²) in [5.74, 6) is 1.30. The van der Waals surface area contributed by atoms with Crippen molar-refractivity contribution in [2.75, 3.05) is 31.7 Å². The molecule has 4 nitrogen and oxygen atoms in total. The molecule has 0 spiro atoms. The van der Waals surface area contributed by atoms with Crippen molar-refractivity contribution in [2.45, 2.75) is 19.8 Å². The lowest BCUT2D eigenvalue weighted by molar-refractivity contribution is 0.0595. The molecule has 0 bridgehead atoms. The van der Waals surface area contributed by atoms with Crippen LogP contribution in [0.4, 0.5) is 5.69 Å². The van der Waals surface area contributed by atoms with Gasteiger partial charge in [0.05, 0.1) is 25.1 Å². The highest BCUT2D eigenvalue weighted by Gasteiger charge is 2.13. The van der Waals surface area contributed by atoms with Crippen molar-refractivity contribution in [3.05, 3.63) is 18.3 Å². The summed E-state index contributed by atoms with van der Waals surface area (Å²) in [5.41, 5.74) is 1.04. The largest absolute Gasteiger partial charge is 0.478 e. The highest BCUT2D eigenvalue weighted by Crippen LogP contribution is 2.16. The molecule has 0 amide bonds. The van der Waals surface area contributed by atoms with Crippen LogP contribution in [0.2, 0.25) is 0 Å². The third-order valence-electron chi connectivity index (χ3n) is 2.88. The van der Waals surface area contributed by atoms with Crippen molar-refractivity contribution in [3.8, 4) is 5.88 Å². The van der Waals surface area contributed by atoms with E-state index in [0.29, 0.717) is 18.4 Å². The molecule has 1 saturated heterocycles. The van der Waals surface area contributed by atoms with Gasteiger partial charge in [-0.25, -0.2) is 4.98 Å². The van der Waals surface area contributed by atoms with E-state index in [-0.39, 0.29) is 0 Å². The Labute approximate surface area is 102 Å². The van der Waals surface area contributed by atoms with Crippen LogP contribution >= 0.6 is 0 Å². The average Bonchev–Trinajstić information content (AvgIpc) is 2.40. The monoisotopic (exact) mass is 236 g/mol. The first-order valence-corrected chi connectivity index (χ1v) is 6.29. The van der Waals surface area contributed by atoms with Crippen molar-refractivity contribution in [2.24, 2.45) is 5.92 Å². The van der Waals surface area contributed by atoms with Gasteiger partial charge >= 0.3 is 0 Å². The standard InChI is InChI=1S/C13H20N2O2/c1-2-17-13-6-5-12(9-15-13)14-8-11-4-3-7-16-10-11/h5-6,9,11,14H,2-4,7-8,10H2,1H3. The van der Waals surface area contributed by atoms with Crippen LogP contribution in [0.25, 0.3) is 0 Å². The molecule has 4 heteroatoms. The number of anilines is 1. The number of nitrogens with one attached hydrogen (secondary N) is 1. The van der Waals surface area contributed by atoms with Crippen molar-refractivity contribution >= 4 is 5.69 Å². The highest BCUT2D eigenvalue weighted by atomic mass is 16.5. The van der Waals surface area contributed by atoms with Gasteiger partial charge in [0.2, 0.25) is 5.88 Å². The van der Waals surface area contributed by atoms with Gasteiger partial charge in [-0.05, 0) is 31.7 Å². The van der Waals surface area contributed by atoms with Gasteiger partial charge in [0.25, 0.3) is 0 Å². The van der Waals surface area contributed by atoms with Crippen LogP contribution in [0, 0.1) is 5.92 Å². The Kier molecular flexibility index (Phi) is 4.62. The number of ether oxygens (including phenoxy) is 2. The fourth-order valence-electron chi connectivity index (χ4n) is 1.95. The second kappa shape index (κ2) is 6.45. The molecule has 0 aromatic carbocycles. The van der Waals surface area contributed by atoms with Crippen molar-refractivity contribution in [1.29, 1.82) is 0 Å². The molecule has 0 saturated carbocycles. The molecule has 1 aliphatic heterocycles. The Morgan fingerprint density at radius 2 is 2.47 bits per heavy atom. The Hall–Kier alpha value is -1.29. The van der Waals surface area contributed by atoms with E-state index < -0.39 is 0 Å². The van der Waals surface area contributed by atoms with Crippen LogP contribution in [-0.2, 0) is 4.74 Å². The predicted octanol–water partition coefficient (Wildman–Crippen LogP) is 2.32. The van der Waals surface area contributed by atoms with E-state index in [0.717, 1.165) is 25.4 Å². The van der Waals surface area contributed by atoms with Crippen molar-refractivity contribution in [3.63, 3.8) is 0 Å². The fourth-order valence-corrected chi connectivity index (χ4v) is 1.95. The minimum atomic E-state index is 0.621. The maximum atomic E-state index is 5.45. The molecular formula is C13H20N2O2. The molecule has 0 radical (unpaired) electrons. The maximum absolute atomic E-state index is 5.45. The molecular weight excluding hydrogens is 216 g/mol. The number of hydrogen-bond donors (Lipinski definition) is 1. The SMILES string of the molecule is CCOc1ccc(NCC2CCCOC2)cn1. The molecule has 1 fully saturated rings. The summed E-state index contributed by atoms with van der Waals surface area (Å²) in [6, 6.07) is 3.89. The molecule has 17 heavy (non-hydrogen) atoms. The summed E-state index contributed by atoms with van der Waals surface area (Å²) in [6.07, 6.45) is 4.24. The van der Waals surface area contributed by atoms with Crippen LogP contribution < -0.4 is 10.1 Å².